The molecule has 4 aromatic rings. The number of nitrogens with one attached hydrogen (secondary N) is 2. The number of carbonyl (C=O) groups excluding carboxylic acids is 1. The second-order valence-corrected chi connectivity index (χ2v) is 7.33. The first-order valence-corrected chi connectivity index (χ1v) is 10.1. The second kappa shape index (κ2) is 9.14. The molecule has 0 fully saturated rings. The summed E-state index contributed by atoms with van der Waals surface area (Å²) in [6.45, 7) is 0. The van der Waals surface area contributed by atoms with Crippen molar-refractivity contribution in [2.45, 2.75) is 6.18 Å². The van der Waals surface area contributed by atoms with E-state index in [2.05, 4.69) is 15.4 Å². The number of rotatable bonds is 6. The van der Waals surface area contributed by atoms with Crippen LogP contribution in [0.2, 0.25) is 0 Å². The number of hydrogen-bond donors (Lipinski definition) is 2. The van der Waals surface area contributed by atoms with Crippen LogP contribution in [0.4, 0.5) is 23.4 Å². The van der Waals surface area contributed by atoms with Gasteiger partial charge in [-0.2, -0.15) is 18.4 Å². The predicted molar refractivity (Wildman–Crippen MR) is 119 cm³/mol. The minimum atomic E-state index is -4.91. The average Bonchev–Trinajstić information content (AvgIpc) is 3.41. The number of benzene rings is 2. The number of carbonyl (C=O) groups is 1. The van der Waals surface area contributed by atoms with Crippen LogP contribution in [0, 0.1) is 17.1 Å². The number of hydrogen-bond acceptors (Lipinski definition) is 6. The number of alkyl halides is 3. The number of anilines is 1. The van der Waals surface area contributed by atoms with Crippen molar-refractivity contribution in [3.05, 3.63) is 59.0 Å². The maximum absolute atomic E-state index is 14.1. The molecule has 13 heteroatoms. The molecule has 9 nitrogen and oxygen atoms in total. The molecule has 0 aliphatic heterocycles. The standard InChI is InChI=1S/C23H17F4N5O4/c1-34-16-7-12(8-17(35-2)19(16)36-3)18-21(32-20(30-18)13(9-28)10-29-32)31-22(33)11-4-5-14(15(24)6-11)23(25,26)27/h4-8,10,29H,1-3H3,(H,31,33). The molecular formula is C23H17F4N5O4. The Balaban J connectivity index is 1.84. The Labute approximate surface area is 200 Å². The van der Waals surface area contributed by atoms with Gasteiger partial charge in [0.2, 0.25) is 5.75 Å². The van der Waals surface area contributed by atoms with E-state index in [1.165, 1.54) is 32.0 Å². The summed E-state index contributed by atoms with van der Waals surface area (Å²) in [5.41, 5.74) is -0.983. The molecule has 0 aliphatic rings. The first-order valence-electron chi connectivity index (χ1n) is 10.1. The van der Waals surface area contributed by atoms with Crippen LogP contribution in [0.5, 0.6) is 17.2 Å². The van der Waals surface area contributed by atoms with Gasteiger partial charge in [-0.05, 0) is 30.3 Å². The van der Waals surface area contributed by atoms with Gasteiger partial charge in [0, 0.05) is 17.3 Å². The third-order valence-electron chi connectivity index (χ3n) is 5.28. The molecule has 186 valence electrons. The molecule has 0 spiro atoms. The van der Waals surface area contributed by atoms with Gasteiger partial charge in [-0.3, -0.25) is 9.89 Å². The molecule has 2 heterocycles. The van der Waals surface area contributed by atoms with Gasteiger partial charge in [-0.25, -0.2) is 13.9 Å². The summed E-state index contributed by atoms with van der Waals surface area (Å²) in [5.74, 6) is -1.60. The Morgan fingerprint density at radius 3 is 2.31 bits per heavy atom. The van der Waals surface area contributed by atoms with Gasteiger partial charge in [0.25, 0.3) is 5.91 Å². The van der Waals surface area contributed by atoms with Crippen LogP contribution in [-0.2, 0) is 6.18 Å². The van der Waals surface area contributed by atoms with Gasteiger partial charge in [0.1, 0.15) is 23.1 Å². The van der Waals surface area contributed by atoms with Crippen LogP contribution in [-0.4, -0.2) is 41.8 Å². The highest BCUT2D eigenvalue weighted by Gasteiger charge is 2.34. The number of imidazole rings is 1. The third kappa shape index (κ3) is 4.13. The van der Waals surface area contributed by atoms with Crippen molar-refractivity contribution in [2.24, 2.45) is 0 Å². The van der Waals surface area contributed by atoms with Gasteiger partial charge in [-0.15, -0.1) is 0 Å². The Hall–Kier alpha value is -4.73. The summed E-state index contributed by atoms with van der Waals surface area (Å²) in [6, 6.07) is 6.91. The monoisotopic (exact) mass is 503 g/mol. The fourth-order valence-corrected chi connectivity index (χ4v) is 3.60. The second-order valence-electron chi connectivity index (χ2n) is 7.33. The number of methoxy groups -OCH3 is 3. The zero-order chi connectivity index (χ0) is 26.2. The van der Waals surface area contributed by atoms with Crippen molar-refractivity contribution < 1.29 is 36.6 Å². The van der Waals surface area contributed by atoms with E-state index in [9.17, 15) is 27.6 Å². The van der Waals surface area contributed by atoms with Crippen LogP contribution < -0.4 is 19.5 Å². The molecular weight excluding hydrogens is 486 g/mol. The molecule has 0 saturated carbocycles. The van der Waals surface area contributed by atoms with E-state index in [0.29, 0.717) is 23.4 Å². The number of H-pyrrole nitrogens is 1. The van der Waals surface area contributed by atoms with Crippen molar-refractivity contribution in [1.29, 1.82) is 5.26 Å². The average molecular weight is 503 g/mol. The molecule has 2 N–H and O–H groups in total. The summed E-state index contributed by atoms with van der Waals surface area (Å²) in [7, 11) is 4.25. The number of fused-ring (bicyclic) bond motifs is 1. The van der Waals surface area contributed by atoms with Crippen LogP contribution in [0.3, 0.4) is 0 Å². The van der Waals surface area contributed by atoms with Crippen molar-refractivity contribution in [2.75, 3.05) is 26.6 Å². The highest BCUT2D eigenvalue weighted by Crippen LogP contribution is 2.43. The van der Waals surface area contributed by atoms with E-state index in [4.69, 9.17) is 14.2 Å². The number of aromatic amines is 1. The Morgan fingerprint density at radius 2 is 1.78 bits per heavy atom. The lowest BCUT2D eigenvalue weighted by molar-refractivity contribution is -0.140. The van der Waals surface area contributed by atoms with Crippen molar-refractivity contribution >= 4 is 17.4 Å². The highest BCUT2D eigenvalue weighted by molar-refractivity contribution is 6.06. The zero-order valence-corrected chi connectivity index (χ0v) is 19.0. The zero-order valence-electron chi connectivity index (χ0n) is 19.0. The molecule has 2 aromatic carbocycles. The maximum Gasteiger partial charge on any atom is 0.419 e. The van der Waals surface area contributed by atoms with Crippen molar-refractivity contribution in [1.82, 2.24) is 14.6 Å². The Morgan fingerprint density at radius 1 is 1.11 bits per heavy atom. The quantitative estimate of drug-likeness (QED) is 0.371. The van der Waals surface area contributed by atoms with Crippen LogP contribution in [0.15, 0.2) is 36.5 Å². The number of amides is 1. The molecule has 0 saturated heterocycles. The Kier molecular flexibility index (Phi) is 6.19. The summed E-state index contributed by atoms with van der Waals surface area (Å²) >= 11 is 0. The lowest BCUT2D eigenvalue weighted by Crippen LogP contribution is -2.16. The van der Waals surface area contributed by atoms with Gasteiger partial charge in [-0.1, -0.05) is 0 Å². The molecule has 0 radical (unpaired) electrons. The van der Waals surface area contributed by atoms with Crippen LogP contribution >= 0.6 is 0 Å². The lowest BCUT2D eigenvalue weighted by atomic mass is 10.1. The van der Waals surface area contributed by atoms with E-state index in [0.717, 1.165) is 6.07 Å². The van der Waals surface area contributed by atoms with Crippen molar-refractivity contribution in [3.8, 4) is 34.6 Å². The number of nitrogens with zero attached hydrogens (tertiary/aromatic N) is 3. The van der Waals surface area contributed by atoms with Gasteiger partial charge in [0.05, 0.1) is 26.9 Å². The molecule has 4 rings (SSSR count). The molecule has 0 unspecified atom stereocenters. The first kappa shape index (κ1) is 24.4. The van der Waals surface area contributed by atoms with E-state index < -0.39 is 23.5 Å². The minimum Gasteiger partial charge on any atom is -0.493 e. The topological polar surface area (TPSA) is 114 Å². The van der Waals surface area contributed by atoms with Crippen LogP contribution in [0.25, 0.3) is 16.9 Å². The SMILES string of the molecule is COc1cc(-c2nc3c(C#N)c[nH]n3c2NC(=O)c2ccc(C(F)(F)F)c(F)c2)cc(OC)c1OC. The molecule has 1 amide bonds. The number of halogens is 4. The summed E-state index contributed by atoms with van der Waals surface area (Å²) in [6.07, 6.45) is -3.55. The van der Waals surface area contributed by atoms with Gasteiger partial charge >= 0.3 is 6.18 Å². The predicted octanol–water partition coefficient (Wildman–Crippen LogP) is 4.64. The molecule has 0 bridgehead atoms. The molecule has 2 aromatic heterocycles. The fourth-order valence-electron chi connectivity index (χ4n) is 3.60. The smallest absolute Gasteiger partial charge is 0.419 e. The van der Waals surface area contributed by atoms with Crippen molar-refractivity contribution in [3.63, 3.8) is 0 Å². The first-order chi connectivity index (χ1) is 17.1. The van der Waals surface area contributed by atoms with E-state index in [1.54, 1.807) is 12.1 Å². The normalized spacial score (nSPS) is 11.3. The molecule has 0 atom stereocenters. The van der Waals surface area contributed by atoms with E-state index in [-0.39, 0.29) is 39.8 Å². The van der Waals surface area contributed by atoms with Gasteiger partial charge in [0.15, 0.2) is 23.0 Å². The summed E-state index contributed by atoms with van der Waals surface area (Å²) in [5, 5.41) is 14.7. The number of nitriles is 1. The lowest BCUT2D eigenvalue weighted by Gasteiger charge is -2.14. The van der Waals surface area contributed by atoms with Crippen LogP contribution in [0.1, 0.15) is 21.5 Å². The highest BCUT2D eigenvalue weighted by atomic mass is 19.4. The van der Waals surface area contributed by atoms with E-state index >= 15 is 0 Å². The van der Waals surface area contributed by atoms with E-state index in [1.807, 2.05) is 6.07 Å². The van der Waals surface area contributed by atoms with Gasteiger partial charge < -0.3 is 19.5 Å². The summed E-state index contributed by atoms with van der Waals surface area (Å²) in [4.78, 5) is 17.4. The number of ether oxygens (including phenoxy) is 3. The molecule has 0 aliphatic carbocycles. The number of aromatic nitrogens is 3. The fraction of sp³-hybridized carbons (Fsp3) is 0.174. The largest absolute Gasteiger partial charge is 0.493 e. The third-order valence-corrected chi connectivity index (χ3v) is 5.28. The minimum absolute atomic E-state index is 0.0334. The molecule has 36 heavy (non-hydrogen) atoms. The Bertz CT molecular complexity index is 1490. The maximum atomic E-state index is 14.1. The summed E-state index contributed by atoms with van der Waals surface area (Å²) < 4.78 is 70.1.